The molecule has 13 heavy (non-hydrogen) atoms. The fourth-order valence-corrected chi connectivity index (χ4v) is 3.42. The summed E-state index contributed by atoms with van der Waals surface area (Å²) in [5, 5.41) is 4.43. The van der Waals surface area contributed by atoms with E-state index in [2.05, 4.69) is 56.0 Å². The normalized spacial score (nSPS) is 12.2. The Morgan fingerprint density at radius 1 is 1.00 bits per heavy atom. The molecule has 0 radical (unpaired) electrons. The van der Waals surface area contributed by atoms with Gasteiger partial charge in [0, 0.05) is 8.07 Å². The van der Waals surface area contributed by atoms with E-state index < -0.39 is 8.07 Å². The number of benzene rings is 1. The topological polar surface area (TPSA) is 0 Å². The predicted octanol–water partition coefficient (Wildman–Crippen LogP) is 3.10. The highest BCUT2D eigenvalue weighted by Gasteiger charge is 2.13. The molecule has 2 rings (SSSR count). The Balaban J connectivity index is 2.72. The zero-order chi connectivity index (χ0) is 9.47. The third-order valence-corrected chi connectivity index (χ3v) is 4.54. The fraction of sp³-hybridized carbons (Fsp3) is 0.250. The van der Waals surface area contributed by atoms with Gasteiger partial charge in [0.1, 0.15) is 0 Å². The van der Waals surface area contributed by atoms with E-state index in [0.717, 1.165) is 0 Å². The Bertz CT molecular complexity index is 418. The van der Waals surface area contributed by atoms with Gasteiger partial charge >= 0.3 is 0 Å². The standard InChI is InChI=1S/C12H15Si/c1-13(2,3)12-9-8-10-6-4-5-7-11(10)12/h4-9H,1-3H3/q-1. The Morgan fingerprint density at radius 2 is 1.77 bits per heavy atom. The van der Waals surface area contributed by atoms with E-state index in [-0.39, 0.29) is 0 Å². The third kappa shape index (κ3) is 1.44. The molecule has 2 aromatic rings. The lowest BCUT2D eigenvalue weighted by Crippen LogP contribution is -2.36. The second kappa shape index (κ2) is 2.77. The van der Waals surface area contributed by atoms with Crippen molar-refractivity contribution in [3.63, 3.8) is 0 Å². The number of hydrogen-bond donors (Lipinski definition) is 0. The summed E-state index contributed by atoms with van der Waals surface area (Å²) in [5.41, 5.74) is 0. The first kappa shape index (κ1) is 8.64. The molecule has 2 aromatic carbocycles. The average Bonchev–Trinajstić information content (AvgIpc) is 2.45. The number of rotatable bonds is 1. The van der Waals surface area contributed by atoms with Crippen LogP contribution in [-0.2, 0) is 0 Å². The van der Waals surface area contributed by atoms with Crippen molar-refractivity contribution in [1.29, 1.82) is 0 Å². The van der Waals surface area contributed by atoms with Gasteiger partial charge in [-0.15, -0.1) is 40.9 Å². The first-order valence-electron chi connectivity index (χ1n) is 4.74. The minimum Gasteiger partial charge on any atom is -0.150 e. The first-order chi connectivity index (χ1) is 6.09. The van der Waals surface area contributed by atoms with Crippen molar-refractivity contribution in [2.45, 2.75) is 19.6 Å². The van der Waals surface area contributed by atoms with Crippen LogP contribution >= 0.6 is 0 Å². The molecule has 0 aliphatic carbocycles. The molecule has 0 aliphatic rings. The van der Waals surface area contributed by atoms with Crippen LogP contribution in [0, 0.1) is 0 Å². The van der Waals surface area contributed by atoms with Crippen molar-refractivity contribution in [3.05, 3.63) is 36.4 Å². The summed E-state index contributed by atoms with van der Waals surface area (Å²) in [7, 11) is -1.15. The number of hydrogen-bond acceptors (Lipinski definition) is 0. The van der Waals surface area contributed by atoms with Crippen molar-refractivity contribution in [3.8, 4) is 0 Å². The maximum Gasteiger partial charge on any atom is 0.0303 e. The maximum atomic E-state index is 2.40. The van der Waals surface area contributed by atoms with E-state index in [9.17, 15) is 0 Å². The van der Waals surface area contributed by atoms with Crippen molar-refractivity contribution in [2.24, 2.45) is 0 Å². The smallest absolute Gasteiger partial charge is 0.0303 e. The summed E-state index contributed by atoms with van der Waals surface area (Å²) < 4.78 is 0. The van der Waals surface area contributed by atoms with Gasteiger partial charge in [0.25, 0.3) is 0 Å². The van der Waals surface area contributed by atoms with Gasteiger partial charge in [-0.1, -0.05) is 25.0 Å². The summed E-state index contributed by atoms with van der Waals surface area (Å²) >= 11 is 0. The molecule has 0 saturated heterocycles. The van der Waals surface area contributed by atoms with Crippen molar-refractivity contribution >= 4 is 24.0 Å². The van der Waals surface area contributed by atoms with E-state index >= 15 is 0 Å². The minimum absolute atomic E-state index is 1.15. The molecule has 0 spiro atoms. The van der Waals surface area contributed by atoms with Crippen LogP contribution in [-0.4, -0.2) is 8.07 Å². The molecule has 0 heterocycles. The van der Waals surface area contributed by atoms with Crippen molar-refractivity contribution in [1.82, 2.24) is 0 Å². The molecular formula is C12H15Si-. The molecule has 0 aromatic heterocycles. The second-order valence-corrected chi connectivity index (χ2v) is 9.62. The largest absolute Gasteiger partial charge is 0.150 e. The van der Waals surface area contributed by atoms with Gasteiger partial charge < -0.3 is 0 Å². The van der Waals surface area contributed by atoms with Crippen molar-refractivity contribution < 1.29 is 0 Å². The van der Waals surface area contributed by atoms with E-state index in [1.807, 2.05) is 0 Å². The minimum atomic E-state index is -1.15. The fourth-order valence-electron chi connectivity index (χ4n) is 1.80. The molecule has 68 valence electrons. The zero-order valence-corrected chi connectivity index (χ0v) is 9.46. The van der Waals surface area contributed by atoms with E-state index in [4.69, 9.17) is 0 Å². The average molecular weight is 187 g/mol. The second-order valence-electron chi connectivity index (χ2n) is 4.58. The molecule has 0 bridgehead atoms. The Labute approximate surface area is 80.6 Å². The van der Waals surface area contributed by atoms with Crippen molar-refractivity contribution in [2.75, 3.05) is 0 Å². The molecule has 1 heteroatoms. The van der Waals surface area contributed by atoms with Crippen LogP contribution in [0.5, 0.6) is 0 Å². The van der Waals surface area contributed by atoms with Crippen LogP contribution in [0.1, 0.15) is 0 Å². The molecule has 0 atom stereocenters. The molecule has 0 unspecified atom stereocenters. The molecule has 0 nitrogen and oxygen atoms in total. The summed E-state index contributed by atoms with van der Waals surface area (Å²) in [5.74, 6) is 0. The zero-order valence-electron chi connectivity index (χ0n) is 8.46. The molecule has 0 saturated carbocycles. The van der Waals surface area contributed by atoms with Gasteiger partial charge in [-0.3, -0.25) is 0 Å². The van der Waals surface area contributed by atoms with Crippen LogP contribution in [0.4, 0.5) is 0 Å². The summed E-state index contributed by atoms with van der Waals surface area (Å²) in [6.45, 7) is 7.19. The van der Waals surface area contributed by atoms with Gasteiger partial charge in [-0.05, 0) is 0 Å². The Hall–Kier alpha value is -0.953. The van der Waals surface area contributed by atoms with Gasteiger partial charge in [0.05, 0.1) is 0 Å². The molecule has 0 fully saturated rings. The third-order valence-electron chi connectivity index (χ3n) is 2.49. The van der Waals surface area contributed by atoms with Crippen LogP contribution in [0.2, 0.25) is 19.6 Å². The summed E-state index contributed by atoms with van der Waals surface area (Å²) in [4.78, 5) is 0. The Kier molecular flexibility index (Phi) is 1.84. The first-order valence-corrected chi connectivity index (χ1v) is 8.24. The van der Waals surface area contributed by atoms with Gasteiger partial charge in [-0.2, -0.15) is 6.07 Å². The van der Waals surface area contributed by atoms with Crippen LogP contribution in [0.15, 0.2) is 36.4 Å². The summed E-state index contributed by atoms with van der Waals surface area (Å²) in [6.07, 6.45) is 0. The summed E-state index contributed by atoms with van der Waals surface area (Å²) in [6, 6.07) is 13.2. The lowest BCUT2D eigenvalue weighted by Gasteiger charge is -2.20. The molecule has 0 aliphatic heterocycles. The Morgan fingerprint density at radius 3 is 2.46 bits per heavy atom. The lowest BCUT2D eigenvalue weighted by molar-refractivity contribution is 1.77. The highest BCUT2D eigenvalue weighted by molar-refractivity contribution is 6.90. The van der Waals surface area contributed by atoms with Gasteiger partial charge in [0.2, 0.25) is 0 Å². The van der Waals surface area contributed by atoms with E-state index in [0.29, 0.717) is 0 Å². The highest BCUT2D eigenvalue weighted by Crippen LogP contribution is 2.16. The maximum absolute atomic E-state index is 2.40. The lowest BCUT2D eigenvalue weighted by atomic mass is 10.2. The van der Waals surface area contributed by atoms with Crippen LogP contribution in [0.3, 0.4) is 0 Å². The molecule has 0 amide bonds. The van der Waals surface area contributed by atoms with Gasteiger partial charge in [0.15, 0.2) is 0 Å². The van der Waals surface area contributed by atoms with Crippen LogP contribution in [0.25, 0.3) is 10.8 Å². The SMILES string of the molecule is C[Si](C)(C)c1cc[c-]2ccccc12. The van der Waals surface area contributed by atoms with Gasteiger partial charge in [-0.25, -0.2) is 0 Å². The number of fused-ring (bicyclic) bond motifs is 1. The van der Waals surface area contributed by atoms with Crippen LogP contribution < -0.4 is 5.19 Å². The monoisotopic (exact) mass is 187 g/mol. The molecule has 0 N–H and O–H groups in total. The van der Waals surface area contributed by atoms with E-state index in [1.54, 1.807) is 5.19 Å². The highest BCUT2D eigenvalue weighted by atomic mass is 28.3. The quantitative estimate of drug-likeness (QED) is 0.475. The predicted molar refractivity (Wildman–Crippen MR) is 62.5 cm³/mol. The molecular weight excluding hydrogens is 172 g/mol. The van der Waals surface area contributed by atoms with E-state index in [1.165, 1.54) is 10.8 Å².